The zero-order valence-electron chi connectivity index (χ0n) is 18.5. The van der Waals surface area contributed by atoms with Crippen LogP contribution >= 0.6 is 11.3 Å². The summed E-state index contributed by atoms with van der Waals surface area (Å²) in [7, 11) is 0. The summed E-state index contributed by atoms with van der Waals surface area (Å²) in [6.07, 6.45) is 5.85. The Bertz CT molecular complexity index is 882. The minimum atomic E-state index is -0.0828. The second-order valence-corrected chi connectivity index (χ2v) is 8.99. The van der Waals surface area contributed by atoms with E-state index < -0.39 is 0 Å². The van der Waals surface area contributed by atoms with Crippen LogP contribution in [0.25, 0.3) is 0 Å². The molecule has 1 fully saturated rings. The van der Waals surface area contributed by atoms with Crippen LogP contribution in [0.2, 0.25) is 0 Å². The topological polar surface area (TPSA) is 60.0 Å². The lowest BCUT2D eigenvalue weighted by Crippen LogP contribution is -2.36. The first-order valence-electron chi connectivity index (χ1n) is 11.4. The molecule has 1 aromatic carbocycles. The Morgan fingerprint density at radius 2 is 1.77 bits per heavy atom. The summed E-state index contributed by atoms with van der Waals surface area (Å²) in [4.78, 5) is 17.5. The van der Waals surface area contributed by atoms with Crippen molar-refractivity contribution >= 4 is 28.6 Å². The molecule has 7 heteroatoms. The molecule has 0 atom stereocenters. The van der Waals surface area contributed by atoms with E-state index in [0.29, 0.717) is 37.9 Å². The van der Waals surface area contributed by atoms with Crippen LogP contribution in [0.1, 0.15) is 53.2 Å². The van der Waals surface area contributed by atoms with E-state index in [2.05, 4.69) is 16.3 Å². The third-order valence-corrected chi connectivity index (χ3v) is 6.97. The van der Waals surface area contributed by atoms with Gasteiger partial charge in [0.2, 0.25) is 0 Å². The SMILES string of the molecule is CCOc1cc(N2CCOCC2)c(OCC)cc1NC(=O)c1cc2c(s1)CCCCC2. The first-order chi connectivity index (χ1) is 15.2. The molecule has 6 nitrogen and oxygen atoms in total. The largest absolute Gasteiger partial charge is 0.492 e. The van der Waals surface area contributed by atoms with E-state index >= 15 is 0 Å². The Hall–Kier alpha value is -2.25. The van der Waals surface area contributed by atoms with Crippen molar-refractivity contribution in [2.45, 2.75) is 46.0 Å². The molecule has 31 heavy (non-hydrogen) atoms. The molecule has 1 N–H and O–H groups in total. The van der Waals surface area contributed by atoms with E-state index in [1.54, 1.807) is 11.3 Å². The van der Waals surface area contributed by atoms with Crippen molar-refractivity contribution in [3.05, 3.63) is 33.5 Å². The first-order valence-corrected chi connectivity index (χ1v) is 12.2. The fourth-order valence-electron chi connectivity index (χ4n) is 4.21. The Morgan fingerprint density at radius 1 is 1.03 bits per heavy atom. The number of nitrogens with one attached hydrogen (secondary N) is 1. The molecule has 1 saturated heterocycles. The molecular formula is C24H32N2O4S. The van der Waals surface area contributed by atoms with Crippen LogP contribution in [0, 0.1) is 0 Å². The van der Waals surface area contributed by atoms with Gasteiger partial charge in [-0.25, -0.2) is 0 Å². The number of ether oxygens (including phenoxy) is 3. The van der Waals surface area contributed by atoms with Crippen LogP contribution in [0.4, 0.5) is 11.4 Å². The van der Waals surface area contributed by atoms with Gasteiger partial charge in [0.05, 0.1) is 42.7 Å². The Kier molecular flexibility index (Phi) is 7.35. The number of hydrogen-bond donors (Lipinski definition) is 1. The van der Waals surface area contributed by atoms with Crippen LogP contribution in [0.5, 0.6) is 11.5 Å². The number of aryl methyl sites for hydroxylation is 2. The van der Waals surface area contributed by atoms with Crippen LogP contribution in [-0.4, -0.2) is 45.4 Å². The van der Waals surface area contributed by atoms with Gasteiger partial charge in [-0.15, -0.1) is 11.3 Å². The monoisotopic (exact) mass is 444 g/mol. The van der Waals surface area contributed by atoms with Gasteiger partial charge in [0.25, 0.3) is 5.91 Å². The minimum absolute atomic E-state index is 0.0828. The van der Waals surface area contributed by atoms with E-state index in [1.165, 1.54) is 29.7 Å². The molecule has 2 heterocycles. The van der Waals surface area contributed by atoms with E-state index in [0.717, 1.165) is 42.2 Å². The van der Waals surface area contributed by atoms with Crippen LogP contribution in [0.3, 0.4) is 0 Å². The van der Waals surface area contributed by atoms with Gasteiger partial charge in [-0.05, 0) is 51.2 Å². The third-order valence-electron chi connectivity index (χ3n) is 5.73. The zero-order chi connectivity index (χ0) is 21.6. The van der Waals surface area contributed by atoms with Gasteiger partial charge in [0, 0.05) is 30.1 Å². The highest BCUT2D eigenvalue weighted by Gasteiger charge is 2.22. The molecule has 2 aliphatic rings. The van der Waals surface area contributed by atoms with Gasteiger partial charge < -0.3 is 24.4 Å². The van der Waals surface area contributed by atoms with Crippen molar-refractivity contribution in [1.82, 2.24) is 0 Å². The number of carbonyl (C=O) groups excluding carboxylic acids is 1. The minimum Gasteiger partial charge on any atom is -0.492 e. The Labute approximate surface area is 188 Å². The van der Waals surface area contributed by atoms with Crippen molar-refractivity contribution in [2.75, 3.05) is 49.7 Å². The standard InChI is InChI=1S/C24H32N2O4S/c1-3-29-20-16-19(26-10-12-28-13-11-26)21(30-4-2)15-18(20)25-24(27)23-14-17-8-6-5-7-9-22(17)31-23/h14-16H,3-13H2,1-2H3,(H,25,27). The molecule has 0 spiro atoms. The number of amides is 1. The van der Waals surface area contributed by atoms with E-state index in [4.69, 9.17) is 14.2 Å². The highest BCUT2D eigenvalue weighted by Crippen LogP contribution is 2.40. The highest BCUT2D eigenvalue weighted by molar-refractivity contribution is 7.14. The van der Waals surface area contributed by atoms with Gasteiger partial charge in [-0.3, -0.25) is 4.79 Å². The average Bonchev–Trinajstić information content (AvgIpc) is 3.07. The number of carbonyl (C=O) groups is 1. The van der Waals surface area contributed by atoms with Gasteiger partial charge in [0.1, 0.15) is 11.5 Å². The highest BCUT2D eigenvalue weighted by atomic mass is 32.1. The summed E-state index contributed by atoms with van der Waals surface area (Å²) in [6.45, 7) is 7.98. The molecule has 0 bridgehead atoms. The molecular weight excluding hydrogens is 412 g/mol. The number of benzene rings is 1. The van der Waals surface area contributed by atoms with E-state index in [1.807, 2.05) is 26.0 Å². The van der Waals surface area contributed by atoms with E-state index in [-0.39, 0.29) is 5.91 Å². The zero-order valence-corrected chi connectivity index (χ0v) is 19.3. The molecule has 1 amide bonds. The molecule has 2 aromatic rings. The molecule has 0 unspecified atom stereocenters. The Balaban J connectivity index is 1.61. The predicted octanol–water partition coefficient (Wildman–Crippen LogP) is 4.90. The summed E-state index contributed by atoms with van der Waals surface area (Å²) < 4.78 is 17.4. The first kappa shape index (κ1) is 22.0. The maximum Gasteiger partial charge on any atom is 0.265 e. The number of morpholine rings is 1. The van der Waals surface area contributed by atoms with Crippen molar-refractivity contribution in [3.63, 3.8) is 0 Å². The van der Waals surface area contributed by atoms with Crippen molar-refractivity contribution in [1.29, 1.82) is 0 Å². The van der Waals surface area contributed by atoms with Gasteiger partial charge in [-0.2, -0.15) is 0 Å². The quantitative estimate of drug-likeness (QED) is 0.616. The summed E-state index contributed by atoms with van der Waals surface area (Å²) in [6, 6.07) is 5.96. The van der Waals surface area contributed by atoms with Crippen LogP contribution in [-0.2, 0) is 17.6 Å². The lowest BCUT2D eigenvalue weighted by Gasteiger charge is -2.31. The summed E-state index contributed by atoms with van der Waals surface area (Å²) in [5.41, 5.74) is 2.97. The maximum absolute atomic E-state index is 13.1. The van der Waals surface area contributed by atoms with E-state index in [9.17, 15) is 4.79 Å². The molecule has 1 aliphatic carbocycles. The lowest BCUT2D eigenvalue weighted by molar-refractivity contribution is 0.103. The lowest BCUT2D eigenvalue weighted by atomic mass is 10.1. The van der Waals surface area contributed by atoms with Gasteiger partial charge >= 0.3 is 0 Å². The fourth-order valence-corrected chi connectivity index (χ4v) is 5.36. The number of hydrogen-bond acceptors (Lipinski definition) is 6. The summed E-state index contributed by atoms with van der Waals surface area (Å²) in [5, 5.41) is 3.09. The van der Waals surface area contributed by atoms with Crippen molar-refractivity contribution < 1.29 is 19.0 Å². The number of nitrogens with zero attached hydrogens (tertiary/aromatic N) is 1. The number of fused-ring (bicyclic) bond motifs is 1. The van der Waals surface area contributed by atoms with Gasteiger partial charge in [-0.1, -0.05) is 6.42 Å². The number of rotatable bonds is 7. The molecule has 0 saturated carbocycles. The van der Waals surface area contributed by atoms with Crippen LogP contribution in [0.15, 0.2) is 18.2 Å². The summed E-state index contributed by atoms with van der Waals surface area (Å²) in [5.74, 6) is 1.34. The average molecular weight is 445 g/mol. The smallest absolute Gasteiger partial charge is 0.265 e. The maximum atomic E-state index is 13.1. The van der Waals surface area contributed by atoms with Gasteiger partial charge in [0.15, 0.2) is 0 Å². The number of thiophene rings is 1. The molecule has 168 valence electrons. The fraction of sp³-hybridized carbons (Fsp3) is 0.542. The molecule has 1 aliphatic heterocycles. The van der Waals surface area contributed by atoms with Crippen molar-refractivity contribution in [2.24, 2.45) is 0 Å². The number of anilines is 2. The molecule has 1 aromatic heterocycles. The Morgan fingerprint density at radius 3 is 2.55 bits per heavy atom. The van der Waals surface area contributed by atoms with Crippen LogP contribution < -0.4 is 19.7 Å². The molecule has 0 radical (unpaired) electrons. The second-order valence-electron chi connectivity index (χ2n) is 7.86. The normalized spacial score (nSPS) is 16.4. The third kappa shape index (κ3) is 5.15. The predicted molar refractivity (Wildman–Crippen MR) is 125 cm³/mol. The summed E-state index contributed by atoms with van der Waals surface area (Å²) >= 11 is 1.63. The molecule has 4 rings (SSSR count). The van der Waals surface area contributed by atoms with Crippen molar-refractivity contribution in [3.8, 4) is 11.5 Å². The second kappa shape index (κ2) is 10.4.